The van der Waals surface area contributed by atoms with Gasteiger partial charge in [0.1, 0.15) is 0 Å². The molecule has 0 fully saturated rings. The first-order valence-electron chi connectivity index (χ1n) is 6.26. The Hall–Kier alpha value is -2.08. The van der Waals surface area contributed by atoms with Gasteiger partial charge in [-0.15, -0.1) is 0 Å². The molecular weight excluding hydrogens is 274 g/mol. The zero-order valence-corrected chi connectivity index (χ0v) is 12.2. The molecule has 5 nitrogen and oxygen atoms in total. The summed E-state index contributed by atoms with van der Waals surface area (Å²) in [5, 5.41) is 0. The first-order chi connectivity index (χ1) is 9.44. The molecule has 6 heteroatoms. The minimum atomic E-state index is -3.66. The molecule has 3 N–H and O–H groups in total. The van der Waals surface area contributed by atoms with E-state index in [4.69, 9.17) is 5.73 Å². The summed E-state index contributed by atoms with van der Waals surface area (Å²) in [7, 11) is -3.66. The van der Waals surface area contributed by atoms with Crippen molar-refractivity contribution in [3.8, 4) is 0 Å². The fraction of sp³-hybridized carbons (Fsp3) is 0.214. The molecule has 0 saturated carbocycles. The summed E-state index contributed by atoms with van der Waals surface area (Å²) in [5.74, 6) is 0. The SMILES string of the molecule is CCc1ccc(N)cc1S(=O)(=O)Nc1ccncc1C. The van der Waals surface area contributed by atoms with Gasteiger partial charge in [-0.3, -0.25) is 9.71 Å². The summed E-state index contributed by atoms with van der Waals surface area (Å²) in [4.78, 5) is 4.16. The lowest BCUT2D eigenvalue weighted by Crippen LogP contribution is -2.16. The Morgan fingerprint density at radius 3 is 2.70 bits per heavy atom. The predicted molar refractivity (Wildman–Crippen MR) is 80.0 cm³/mol. The standard InChI is InChI=1S/C14H17N3O2S/c1-3-11-4-5-12(15)8-14(11)20(18,19)17-13-6-7-16-9-10(13)2/h4-9H,3,15H2,1-2H3,(H,16,17). The third-order valence-electron chi connectivity index (χ3n) is 3.03. The van der Waals surface area contributed by atoms with Gasteiger partial charge in [-0.25, -0.2) is 8.42 Å². The number of nitrogens with two attached hydrogens (primary N) is 1. The molecule has 0 saturated heterocycles. The Kier molecular flexibility index (Phi) is 3.94. The van der Waals surface area contributed by atoms with E-state index in [1.54, 1.807) is 37.5 Å². The molecular formula is C14H17N3O2S. The molecule has 0 aliphatic heterocycles. The fourth-order valence-corrected chi connectivity index (χ4v) is 3.38. The predicted octanol–water partition coefficient (Wildman–Crippen LogP) is 2.34. The van der Waals surface area contributed by atoms with Crippen molar-refractivity contribution in [2.45, 2.75) is 25.2 Å². The summed E-state index contributed by atoms with van der Waals surface area (Å²) < 4.78 is 27.6. The van der Waals surface area contributed by atoms with Gasteiger partial charge in [0.25, 0.3) is 10.0 Å². The highest BCUT2D eigenvalue weighted by Crippen LogP contribution is 2.23. The van der Waals surface area contributed by atoms with Crippen LogP contribution in [0, 0.1) is 6.92 Å². The molecule has 0 spiro atoms. The molecule has 2 aromatic rings. The Labute approximate surface area is 118 Å². The van der Waals surface area contributed by atoms with Gasteiger partial charge in [-0.2, -0.15) is 0 Å². The monoisotopic (exact) mass is 291 g/mol. The second-order valence-corrected chi connectivity index (χ2v) is 6.17. The van der Waals surface area contributed by atoms with E-state index in [9.17, 15) is 8.42 Å². The van der Waals surface area contributed by atoms with E-state index in [1.807, 2.05) is 6.92 Å². The van der Waals surface area contributed by atoms with Gasteiger partial charge in [0, 0.05) is 18.1 Å². The molecule has 0 bridgehead atoms. The number of aromatic nitrogens is 1. The highest BCUT2D eigenvalue weighted by atomic mass is 32.2. The van der Waals surface area contributed by atoms with Crippen LogP contribution in [0.5, 0.6) is 0 Å². The van der Waals surface area contributed by atoms with Crippen molar-refractivity contribution in [3.05, 3.63) is 47.8 Å². The first-order valence-corrected chi connectivity index (χ1v) is 7.74. The second kappa shape index (κ2) is 5.50. The number of benzene rings is 1. The van der Waals surface area contributed by atoms with Crippen molar-refractivity contribution >= 4 is 21.4 Å². The molecule has 106 valence electrons. The maximum Gasteiger partial charge on any atom is 0.262 e. The van der Waals surface area contributed by atoms with Crippen LogP contribution >= 0.6 is 0 Å². The largest absolute Gasteiger partial charge is 0.399 e. The van der Waals surface area contributed by atoms with Gasteiger partial charge >= 0.3 is 0 Å². The van der Waals surface area contributed by atoms with Gasteiger partial charge in [-0.1, -0.05) is 13.0 Å². The molecule has 20 heavy (non-hydrogen) atoms. The minimum absolute atomic E-state index is 0.219. The zero-order valence-electron chi connectivity index (χ0n) is 11.4. The lowest BCUT2D eigenvalue weighted by atomic mass is 10.1. The summed E-state index contributed by atoms with van der Waals surface area (Å²) >= 11 is 0. The van der Waals surface area contributed by atoms with Crippen LogP contribution in [-0.4, -0.2) is 13.4 Å². The van der Waals surface area contributed by atoms with Gasteiger partial charge in [0.15, 0.2) is 0 Å². The van der Waals surface area contributed by atoms with Crippen molar-refractivity contribution in [3.63, 3.8) is 0 Å². The maximum atomic E-state index is 12.5. The van der Waals surface area contributed by atoms with E-state index >= 15 is 0 Å². The van der Waals surface area contributed by atoms with Crippen molar-refractivity contribution in [1.29, 1.82) is 0 Å². The number of pyridine rings is 1. The van der Waals surface area contributed by atoms with Crippen LogP contribution in [0.1, 0.15) is 18.1 Å². The van der Waals surface area contributed by atoms with Crippen molar-refractivity contribution < 1.29 is 8.42 Å². The van der Waals surface area contributed by atoms with Gasteiger partial charge < -0.3 is 5.73 Å². The number of nitrogens with zero attached hydrogens (tertiary/aromatic N) is 1. The summed E-state index contributed by atoms with van der Waals surface area (Å²) in [6.45, 7) is 3.70. The fourth-order valence-electron chi connectivity index (χ4n) is 1.90. The number of anilines is 2. The zero-order chi connectivity index (χ0) is 14.8. The van der Waals surface area contributed by atoms with Crippen LogP contribution in [-0.2, 0) is 16.4 Å². The van der Waals surface area contributed by atoms with E-state index in [1.165, 1.54) is 6.07 Å². The summed E-state index contributed by atoms with van der Waals surface area (Å²) in [6.07, 6.45) is 3.77. The average molecular weight is 291 g/mol. The highest BCUT2D eigenvalue weighted by molar-refractivity contribution is 7.92. The third-order valence-corrected chi connectivity index (χ3v) is 4.47. The molecule has 0 unspecified atom stereocenters. The number of rotatable bonds is 4. The smallest absolute Gasteiger partial charge is 0.262 e. The van der Waals surface area contributed by atoms with Crippen LogP contribution < -0.4 is 10.5 Å². The quantitative estimate of drug-likeness (QED) is 0.847. The molecule has 0 amide bonds. The Morgan fingerprint density at radius 1 is 1.30 bits per heavy atom. The normalized spacial score (nSPS) is 11.3. The first kappa shape index (κ1) is 14.3. The van der Waals surface area contributed by atoms with Crippen LogP contribution in [0.3, 0.4) is 0 Å². The lowest BCUT2D eigenvalue weighted by molar-refractivity contribution is 0.600. The van der Waals surface area contributed by atoms with E-state index in [-0.39, 0.29) is 4.90 Å². The van der Waals surface area contributed by atoms with Gasteiger partial charge in [0.2, 0.25) is 0 Å². The van der Waals surface area contributed by atoms with E-state index < -0.39 is 10.0 Å². The number of hydrogen-bond donors (Lipinski definition) is 2. The molecule has 0 aliphatic carbocycles. The topological polar surface area (TPSA) is 85.1 Å². The molecule has 2 rings (SSSR count). The second-order valence-electron chi connectivity index (χ2n) is 4.52. The van der Waals surface area contributed by atoms with E-state index in [2.05, 4.69) is 9.71 Å². The van der Waals surface area contributed by atoms with E-state index in [0.29, 0.717) is 17.8 Å². The van der Waals surface area contributed by atoms with Crippen LogP contribution in [0.15, 0.2) is 41.6 Å². The number of aryl methyl sites for hydroxylation is 2. The van der Waals surface area contributed by atoms with E-state index in [0.717, 1.165) is 11.1 Å². The highest BCUT2D eigenvalue weighted by Gasteiger charge is 2.19. The number of hydrogen-bond acceptors (Lipinski definition) is 4. The van der Waals surface area contributed by atoms with Crippen molar-refractivity contribution in [1.82, 2.24) is 4.98 Å². The van der Waals surface area contributed by atoms with Crippen molar-refractivity contribution in [2.75, 3.05) is 10.5 Å². The molecule has 0 radical (unpaired) electrons. The molecule has 0 atom stereocenters. The van der Waals surface area contributed by atoms with Crippen LogP contribution in [0.25, 0.3) is 0 Å². The summed E-state index contributed by atoms with van der Waals surface area (Å²) in [6, 6.07) is 6.56. The maximum absolute atomic E-state index is 12.5. The number of nitrogen functional groups attached to an aromatic ring is 1. The van der Waals surface area contributed by atoms with Crippen LogP contribution in [0.2, 0.25) is 0 Å². The minimum Gasteiger partial charge on any atom is -0.399 e. The Morgan fingerprint density at radius 2 is 2.05 bits per heavy atom. The number of sulfonamides is 1. The third kappa shape index (κ3) is 2.91. The Balaban J connectivity index is 2.46. The van der Waals surface area contributed by atoms with Gasteiger partial charge in [-0.05, 0) is 42.7 Å². The molecule has 0 aliphatic rings. The lowest BCUT2D eigenvalue weighted by Gasteiger charge is -2.13. The van der Waals surface area contributed by atoms with Crippen LogP contribution in [0.4, 0.5) is 11.4 Å². The average Bonchev–Trinajstić information content (AvgIpc) is 2.41. The molecule has 1 aromatic heterocycles. The molecule has 1 heterocycles. The van der Waals surface area contributed by atoms with Gasteiger partial charge in [0.05, 0.1) is 10.6 Å². The summed E-state index contributed by atoms with van der Waals surface area (Å²) in [5.41, 5.74) is 8.14. The van der Waals surface area contributed by atoms with Crippen molar-refractivity contribution in [2.24, 2.45) is 0 Å². The molecule has 1 aromatic carbocycles. The number of nitrogens with one attached hydrogen (secondary N) is 1. The Bertz CT molecular complexity index is 727.